The van der Waals surface area contributed by atoms with Gasteiger partial charge in [-0.1, -0.05) is 72.3 Å². The Hall–Kier alpha value is -3.39. The fourth-order valence-electron chi connectivity index (χ4n) is 3.04. The van der Waals surface area contributed by atoms with Crippen molar-refractivity contribution in [2.75, 3.05) is 5.32 Å². The first kappa shape index (κ1) is 19.9. The smallest absolute Gasteiger partial charge is 0.136 e. The maximum atomic E-state index is 9.61. The Labute approximate surface area is 184 Å². The Bertz CT molecular complexity index is 1240. The standard InChI is InChI=1S/C25H18ClN3S/c1-17-7-12-22(26)13-23(17)28-15-21(14-27)25-29-24(16-30-25)20-10-8-19(9-11-20)18-5-3-2-4-6-18/h2-13,15-16,28H,1H3. The zero-order valence-corrected chi connectivity index (χ0v) is 17.8. The predicted octanol–water partition coefficient (Wildman–Crippen LogP) is 7.42. The first-order valence-corrected chi connectivity index (χ1v) is 10.6. The van der Waals surface area contributed by atoms with E-state index in [0.29, 0.717) is 15.6 Å². The zero-order chi connectivity index (χ0) is 20.9. The summed E-state index contributed by atoms with van der Waals surface area (Å²) in [7, 11) is 0. The van der Waals surface area contributed by atoms with Gasteiger partial charge in [-0.2, -0.15) is 5.26 Å². The molecule has 3 nitrogen and oxygen atoms in total. The van der Waals surface area contributed by atoms with Crippen molar-refractivity contribution in [1.82, 2.24) is 4.98 Å². The fraction of sp³-hybridized carbons (Fsp3) is 0.0400. The number of nitrogens with one attached hydrogen (secondary N) is 1. The molecule has 0 fully saturated rings. The van der Waals surface area contributed by atoms with E-state index < -0.39 is 0 Å². The summed E-state index contributed by atoms with van der Waals surface area (Å²) in [6.07, 6.45) is 1.68. The normalized spacial score (nSPS) is 11.2. The van der Waals surface area contributed by atoms with Gasteiger partial charge in [0.2, 0.25) is 0 Å². The molecular weight excluding hydrogens is 410 g/mol. The van der Waals surface area contributed by atoms with Gasteiger partial charge >= 0.3 is 0 Å². The number of aromatic nitrogens is 1. The molecular formula is C25H18ClN3S. The summed E-state index contributed by atoms with van der Waals surface area (Å²) in [6, 6.07) is 26.4. The fourth-order valence-corrected chi connectivity index (χ4v) is 4.00. The van der Waals surface area contributed by atoms with Crippen molar-refractivity contribution in [3.63, 3.8) is 0 Å². The highest BCUT2D eigenvalue weighted by molar-refractivity contribution is 7.11. The summed E-state index contributed by atoms with van der Waals surface area (Å²) in [5.74, 6) is 0. The van der Waals surface area contributed by atoms with Crippen LogP contribution in [-0.4, -0.2) is 4.98 Å². The number of hydrogen-bond donors (Lipinski definition) is 1. The highest BCUT2D eigenvalue weighted by Crippen LogP contribution is 2.29. The maximum Gasteiger partial charge on any atom is 0.136 e. The third-order valence-corrected chi connectivity index (χ3v) is 5.83. The van der Waals surface area contributed by atoms with Crippen LogP contribution in [0.3, 0.4) is 0 Å². The van der Waals surface area contributed by atoms with Gasteiger partial charge in [-0.05, 0) is 35.7 Å². The van der Waals surface area contributed by atoms with Gasteiger partial charge in [-0.15, -0.1) is 11.3 Å². The minimum absolute atomic E-state index is 0.478. The van der Waals surface area contributed by atoms with Gasteiger partial charge < -0.3 is 5.32 Å². The molecule has 0 spiro atoms. The second-order valence-electron chi connectivity index (χ2n) is 6.75. The molecule has 5 heteroatoms. The number of benzene rings is 3. The second kappa shape index (κ2) is 8.96. The van der Waals surface area contributed by atoms with Gasteiger partial charge in [-0.3, -0.25) is 0 Å². The van der Waals surface area contributed by atoms with Crippen LogP contribution in [0.2, 0.25) is 5.02 Å². The zero-order valence-electron chi connectivity index (χ0n) is 16.3. The third-order valence-electron chi connectivity index (χ3n) is 4.71. The summed E-state index contributed by atoms with van der Waals surface area (Å²) in [5, 5.41) is 16.1. The minimum Gasteiger partial charge on any atom is -0.360 e. The van der Waals surface area contributed by atoms with Crippen molar-refractivity contribution in [3.8, 4) is 28.5 Å². The van der Waals surface area contributed by atoms with Crippen LogP contribution in [0, 0.1) is 18.3 Å². The van der Waals surface area contributed by atoms with Crippen molar-refractivity contribution in [2.45, 2.75) is 6.92 Å². The van der Waals surface area contributed by atoms with E-state index in [1.807, 2.05) is 48.7 Å². The van der Waals surface area contributed by atoms with E-state index in [4.69, 9.17) is 11.6 Å². The molecule has 1 heterocycles. The van der Waals surface area contributed by atoms with Gasteiger partial charge in [-0.25, -0.2) is 4.98 Å². The van der Waals surface area contributed by atoms with Crippen LogP contribution in [0.25, 0.3) is 28.0 Å². The summed E-state index contributed by atoms with van der Waals surface area (Å²) in [4.78, 5) is 4.67. The number of halogens is 1. The number of anilines is 1. The molecule has 0 unspecified atom stereocenters. The lowest BCUT2D eigenvalue weighted by atomic mass is 10.0. The molecule has 0 aliphatic rings. The number of allylic oxidation sites excluding steroid dienone is 1. The lowest BCUT2D eigenvalue weighted by molar-refractivity contribution is 1.36. The van der Waals surface area contributed by atoms with Crippen molar-refractivity contribution in [3.05, 3.63) is 100.0 Å². The molecule has 0 aliphatic heterocycles. The van der Waals surface area contributed by atoms with Crippen molar-refractivity contribution in [1.29, 1.82) is 5.26 Å². The Kier molecular flexibility index (Phi) is 5.94. The van der Waals surface area contributed by atoms with Crippen LogP contribution in [0.5, 0.6) is 0 Å². The molecule has 0 saturated heterocycles. The summed E-state index contributed by atoms with van der Waals surface area (Å²) < 4.78 is 0. The van der Waals surface area contributed by atoms with Crippen LogP contribution >= 0.6 is 22.9 Å². The van der Waals surface area contributed by atoms with Gasteiger partial charge in [0, 0.05) is 27.9 Å². The van der Waals surface area contributed by atoms with E-state index in [-0.39, 0.29) is 0 Å². The molecule has 1 N–H and O–H groups in total. The molecule has 146 valence electrons. The van der Waals surface area contributed by atoms with Gasteiger partial charge in [0.05, 0.1) is 5.69 Å². The molecule has 4 rings (SSSR count). The Balaban J connectivity index is 1.55. The lowest BCUT2D eigenvalue weighted by Crippen LogP contribution is -1.93. The SMILES string of the molecule is Cc1ccc(Cl)cc1NC=C(C#N)c1nc(-c2ccc(-c3ccccc3)cc2)cs1. The number of thiazole rings is 1. The second-order valence-corrected chi connectivity index (χ2v) is 8.05. The van der Waals surface area contributed by atoms with E-state index in [2.05, 4.69) is 52.8 Å². The number of aryl methyl sites for hydroxylation is 1. The molecule has 0 amide bonds. The molecule has 0 saturated carbocycles. The van der Waals surface area contributed by atoms with E-state index in [9.17, 15) is 5.26 Å². The van der Waals surface area contributed by atoms with Crippen LogP contribution in [-0.2, 0) is 0 Å². The average Bonchev–Trinajstić information content (AvgIpc) is 3.27. The monoisotopic (exact) mass is 427 g/mol. The number of nitrogens with zero attached hydrogens (tertiary/aromatic N) is 2. The molecule has 0 atom stereocenters. The minimum atomic E-state index is 0.478. The van der Waals surface area contributed by atoms with Crippen LogP contribution in [0.4, 0.5) is 5.69 Å². The Morgan fingerprint density at radius 2 is 1.70 bits per heavy atom. The predicted molar refractivity (Wildman–Crippen MR) is 126 cm³/mol. The van der Waals surface area contributed by atoms with Gasteiger partial charge in [0.25, 0.3) is 0 Å². The highest BCUT2D eigenvalue weighted by atomic mass is 35.5. The van der Waals surface area contributed by atoms with Crippen molar-refractivity contribution in [2.24, 2.45) is 0 Å². The molecule has 0 radical (unpaired) electrons. The molecule has 0 bridgehead atoms. The topological polar surface area (TPSA) is 48.7 Å². The first-order chi connectivity index (χ1) is 14.6. The number of hydrogen-bond acceptors (Lipinski definition) is 4. The summed E-state index contributed by atoms with van der Waals surface area (Å²) >= 11 is 7.52. The molecule has 1 aromatic heterocycles. The van der Waals surface area contributed by atoms with Crippen LogP contribution in [0.1, 0.15) is 10.6 Å². The van der Waals surface area contributed by atoms with Crippen molar-refractivity contribution >= 4 is 34.2 Å². The Morgan fingerprint density at radius 3 is 2.43 bits per heavy atom. The van der Waals surface area contributed by atoms with Crippen molar-refractivity contribution < 1.29 is 0 Å². The largest absolute Gasteiger partial charge is 0.360 e. The average molecular weight is 428 g/mol. The lowest BCUT2D eigenvalue weighted by Gasteiger charge is -2.06. The molecule has 4 aromatic rings. The maximum absolute atomic E-state index is 9.61. The van der Waals surface area contributed by atoms with Gasteiger partial charge in [0.1, 0.15) is 16.6 Å². The van der Waals surface area contributed by atoms with E-state index in [1.165, 1.54) is 16.9 Å². The Morgan fingerprint density at radius 1 is 1.00 bits per heavy atom. The first-order valence-electron chi connectivity index (χ1n) is 9.39. The summed E-state index contributed by atoms with van der Waals surface area (Å²) in [6.45, 7) is 1.99. The number of rotatable bonds is 5. The van der Waals surface area contributed by atoms with E-state index >= 15 is 0 Å². The van der Waals surface area contributed by atoms with E-state index in [0.717, 1.165) is 28.1 Å². The highest BCUT2D eigenvalue weighted by Gasteiger charge is 2.10. The molecule has 30 heavy (non-hydrogen) atoms. The number of nitriles is 1. The van der Waals surface area contributed by atoms with E-state index in [1.54, 1.807) is 6.20 Å². The van der Waals surface area contributed by atoms with Crippen LogP contribution in [0.15, 0.2) is 84.4 Å². The molecule has 3 aromatic carbocycles. The third kappa shape index (κ3) is 4.44. The van der Waals surface area contributed by atoms with Gasteiger partial charge in [0.15, 0.2) is 0 Å². The van der Waals surface area contributed by atoms with Crippen LogP contribution < -0.4 is 5.32 Å². The molecule has 0 aliphatic carbocycles. The summed E-state index contributed by atoms with van der Waals surface area (Å²) in [5.41, 5.74) is 6.61. The quantitative estimate of drug-likeness (QED) is 0.337.